The number of hydroxylamine groups is 2. The summed E-state index contributed by atoms with van der Waals surface area (Å²) in [5.41, 5.74) is 1.23. The van der Waals surface area contributed by atoms with Crippen LogP contribution in [-0.2, 0) is 14.4 Å². The van der Waals surface area contributed by atoms with Gasteiger partial charge in [0, 0.05) is 5.54 Å². The zero-order valence-corrected chi connectivity index (χ0v) is 15.1. The Morgan fingerprint density at radius 3 is 2.00 bits per heavy atom. The van der Waals surface area contributed by atoms with Crippen LogP contribution in [0.1, 0.15) is 32.4 Å². The van der Waals surface area contributed by atoms with E-state index in [0.29, 0.717) is 5.69 Å². The number of anilines is 1. The van der Waals surface area contributed by atoms with Crippen molar-refractivity contribution in [2.45, 2.75) is 38.5 Å². The molecule has 4 rings (SSSR count). The molecular formula is C21H22N2O3. The Bertz CT molecular complexity index is 829. The van der Waals surface area contributed by atoms with Gasteiger partial charge in [-0.05, 0) is 38.5 Å². The Hall–Kier alpha value is -2.50. The summed E-state index contributed by atoms with van der Waals surface area (Å²) < 4.78 is 0. The molecule has 0 aliphatic carbocycles. The van der Waals surface area contributed by atoms with E-state index >= 15 is 0 Å². The molecular weight excluding hydrogens is 328 g/mol. The van der Waals surface area contributed by atoms with Gasteiger partial charge >= 0.3 is 0 Å². The molecule has 5 nitrogen and oxygen atoms in total. The zero-order chi connectivity index (χ0) is 18.5. The van der Waals surface area contributed by atoms with E-state index in [1.165, 1.54) is 4.90 Å². The number of carbonyl (C=O) groups excluding carboxylic acids is 2. The first kappa shape index (κ1) is 16.9. The SMILES string of the molecule is CC(C)(C)N1OC2C(=O)N(c3ccccc3)C(=O)C2C1c1ccccc1. The Morgan fingerprint density at radius 2 is 1.42 bits per heavy atom. The second-order valence-electron chi connectivity index (χ2n) is 7.75. The quantitative estimate of drug-likeness (QED) is 0.780. The van der Waals surface area contributed by atoms with Gasteiger partial charge in [-0.2, -0.15) is 5.06 Å². The van der Waals surface area contributed by atoms with Gasteiger partial charge in [0.15, 0.2) is 6.10 Å². The Balaban J connectivity index is 1.78. The highest BCUT2D eigenvalue weighted by Gasteiger charge is 2.61. The molecule has 2 aromatic carbocycles. The van der Waals surface area contributed by atoms with E-state index in [9.17, 15) is 9.59 Å². The second-order valence-corrected chi connectivity index (χ2v) is 7.75. The van der Waals surface area contributed by atoms with Gasteiger partial charge in [-0.25, -0.2) is 4.90 Å². The topological polar surface area (TPSA) is 49.9 Å². The number of rotatable bonds is 2. The minimum Gasteiger partial charge on any atom is -0.284 e. The summed E-state index contributed by atoms with van der Waals surface area (Å²) in [6, 6.07) is 18.5. The van der Waals surface area contributed by atoms with Crippen LogP contribution in [0.5, 0.6) is 0 Å². The van der Waals surface area contributed by atoms with Crippen molar-refractivity contribution in [3.8, 4) is 0 Å². The number of amides is 2. The van der Waals surface area contributed by atoms with Gasteiger partial charge in [0.2, 0.25) is 5.91 Å². The van der Waals surface area contributed by atoms with Gasteiger partial charge in [-0.1, -0.05) is 48.5 Å². The van der Waals surface area contributed by atoms with Crippen LogP contribution in [-0.4, -0.2) is 28.5 Å². The summed E-state index contributed by atoms with van der Waals surface area (Å²) >= 11 is 0. The number of carbonyl (C=O) groups is 2. The van der Waals surface area contributed by atoms with Gasteiger partial charge in [0.05, 0.1) is 17.6 Å². The van der Waals surface area contributed by atoms with E-state index in [2.05, 4.69) is 0 Å². The standard InChI is InChI=1S/C21H22N2O3/c1-21(2,3)23-17(14-10-6-4-7-11-14)16-18(26-23)20(25)22(19(16)24)15-12-8-5-9-13-15/h4-13,16-18H,1-3H3. The lowest BCUT2D eigenvalue weighted by Crippen LogP contribution is -2.44. The van der Waals surface area contributed by atoms with Crippen molar-refractivity contribution in [3.63, 3.8) is 0 Å². The molecule has 2 fully saturated rings. The predicted octanol–water partition coefficient (Wildman–Crippen LogP) is 3.33. The first-order chi connectivity index (χ1) is 12.4. The van der Waals surface area contributed by atoms with Crippen LogP contribution in [0.3, 0.4) is 0 Å². The maximum atomic E-state index is 13.3. The maximum Gasteiger partial charge on any atom is 0.265 e. The van der Waals surface area contributed by atoms with Gasteiger partial charge in [0.1, 0.15) is 0 Å². The highest BCUT2D eigenvalue weighted by atomic mass is 16.7. The number of para-hydroxylation sites is 1. The third kappa shape index (κ3) is 2.55. The normalized spacial score (nSPS) is 26.4. The molecule has 26 heavy (non-hydrogen) atoms. The Morgan fingerprint density at radius 1 is 0.846 bits per heavy atom. The molecule has 0 saturated carbocycles. The molecule has 2 aliphatic heterocycles. The Labute approximate surface area is 153 Å². The van der Waals surface area contributed by atoms with Gasteiger partial charge < -0.3 is 0 Å². The van der Waals surface area contributed by atoms with Crippen molar-refractivity contribution in [1.29, 1.82) is 0 Å². The van der Waals surface area contributed by atoms with Gasteiger partial charge in [-0.15, -0.1) is 0 Å². The minimum atomic E-state index is -0.785. The van der Waals surface area contributed by atoms with Crippen LogP contribution < -0.4 is 4.90 Å². The maximum absolute atomic E-state index is 13.3. The molecule has 134 valence electrons. The molecule has 0 spiro atoms. The van der Waals surface area contributed by atoms with Crippen LogP contribution in [0.2, 0.25) is 0 Å². The van der Waals surface area contributed by atoms with Crippen molar-refractivity contribution in [3.05, 3.63) is 66.2 Å². The lowest BCUT2D eigenvalue weighted by molar-refractivity contribution is -0.212. The number of fused-ring (bicyclic) bond motifs is 1. The van der Waals surface area contributed by atoms with Crippen molar-refractivity contribution in [1.82, 2.24) is 5.06 Å². The molecule has 3 atom stereocenters. The average molecular weight is 350 g/mol. The number of hydrogen-bond acceptors (Lipinski definition) is 4. The van der Waals surface area contributed by atoms with E-state index < -0.39 is 12.0 Å². The summed E-state index contributed by atoms with van der Waals surface area (Å²) in [7, 11) is 0. The average Bonchev–Trinajstić information content (AvgIpc) is 3.14. The number of imide groups is 1. The van der Waals surface area contributed by atoms with Crippen molar-refractivity contribution >= 4 is 17.5 Å². The largest absolute Gasteiger partial charge is 0.284 e. The highest BCUT2D eigenvalue weighted by molar-refractivity contribution is 6.23. The van der Waals surface area contributed by atoms with E-state index in [1.54, 1.807) is 12.1 Å². The van der Waals surface area contributed by atoms with E-state index in [0.717, 1.165) is 5.56 Å². The molecule has 0 N–H and O–H groups in total. The monoisotopic (exact) mass is 350 g/mol. The molecule has 0 radical (unpaired) electrons. The summed E-state index contributed by atoms with van der Waals surface area (Å²) in [5, 5.41) is 1.82. The van der Waals surface area contributed by atoms with Crippen LogP contribution >= 0.6 is 0 Å². The van der Waals surface area contributed by atoms with Crippen LogP contribution in [0.15, 0.2) is 60.7 Å². The smallest absolute Gasteiger partial charge is 0.265 e. The molecule has 0 bridgehead atoms. The molecule has 3 unspecified atom stereocenters. The summed E-state index contributed by atoms with van der Waals surface area (Å²) in [6.45, 7) is 6.07. The van der Waals surface area contributed by atoms with Crippen molar-refractivity contribution in [2.24, 2.45) is 5.92 Å². The molecule has 2 heterocycles. The predicted molar refractivity (Wildman–Crippen MR) is 98.1 cm³/mol. The van der Waals surface area contributed by atoms with Gasteiger partial charge in [-0.3, -0.25) is 14.4 Å². The fourth-order valence-electron chi connectivity index (χ4n) is 3.81. The number of nitrogens with zero attached hydrogens (tertiary/aromatic N) is 2. The fourth-order valence-corrected chi connectivity index (χ4v) is 3.81. The van der Waals surface area contributed by atoms with Crippen LogP contribution in [0, 0.1) is 5.92 Å². The van der Waals surface area contributed by atoms with E-state index in [-0.39, 0.29) is 23.4 Å². The third-order valence-electron chi connectivity index (χ3n) is 4.93. The summed E-state index contributed by atoms with van der Waals surface area (Å²) in [4.78, 5) is 33.6. The van der Waals surface area contributed by atoms with Crippen LogP contribution in [0.25, 0.3) is 0 Å². The second kappa shape index (κ2) is 6.04. The number of benzene rings is 2. The van der Waals surface area contributed by atoms with E-state index in [1.807, 2.05) is 74.4 Å². The number of hydrogen-bond donors (Lipinski definition) is 0. The van der Waals surface area contributed by atoms with Crippen LogP contribution in [0.4, 0.5) is 5.69 Å². The molecule has 2 amide bonds. The lowest BCUT2D eigenvalue weighted by atomic mass is 9.89. The first-order valence-corrected chi connectivity index (χ1v) is 8.83. The molecule has 2 aliphatic rings. The Kier molecular flexibility index (Phi) is 3.93. The fraction of sp³-hybridized carbons (Fsp3) is 0.333. The molecule has 2 aromatic rings. The lowest BCUT2D eigenvalue weighted by Gasteiger charge is -2.36. The molecule has 5 heteroatoms. The summed E-state index contributed by atoms with van der Waals surface area (Å²) in [5.74, 6) is -1.05. The molecule has 2 saturated heterocycles. The minimum absolute atomic E-state index is 0.202. The third-order valence-corrected chi connectivity index (χ3v) is 4.93. The van der Waals surface area contributed by atoms with Gasteiger partial charge in [0.25, 0.3) is 5.91 Å². The van der Waals surface area contributed by atoms with Crippen molar-refractivity contribution < 1.29 is 14.4 Å². The highest BCUT2D eigenvalue weighted by Crippen LogP contribution is 2.48. The van der Waals surface area contributed by atoms with Crippen molar-refractivity contribution in [2.75, 3.05) is 4.90 Å². The van der Waals surface area contributed by atoms with E-state index in [4.69, 9.17) is 4.84 Å². The zero-order valence-electron chi connectivity index (χ0n) is 15.1. The molecule has 0 aromatic heterocycles. The summed E-state index contributed by atoms with van der Waals surface area (Å²) in [6.07, 6.45) is -0.785. The first-order valence-electron chi connectivity index (χ1n) is 8.83.